The Morgan fingerprint density at radius 2 is 1.62 bits per heavy atom. The Morgan fingerprint density at radius 1 is 1.08 bits per heavy atom. The van der Waals surface area contributed by atoms with Crippen LogP contribution in [0.2, 0.25) is 0 Å². The third kappa shape index (κ3) is 12.7. The number of carbonyl (C=O) groups excluding carboxylic acids is 1. The summed E-state index contributed by atoms with van der Waals surface area (Å²) in [6.07, 6.45) is 13.5. The average Bonchev–Trinajstić information content (AvgIpc) is 2.56. The summed E-state index contributed by atoms with van der Waals surface area (Å²) >= 11 is 0. The molecule has 1 aliphatic rings. The maximum absolute atomic E-state index is 10.5. The van der Waals surface area contributed by atoms with Gasteiger partial charge in [-0.2, -0.15) is 0 Å². The molecule has 0 saturated carbocycles. The summed E-state index contributed by atoms with van der Waals surface area (Å²) in [6, 6.07) is 0. The summed E-state index contributed by atoms with van der Waals surface area (Å²) in [6.45, 7) is 16.0. The molecule has 0 aromatic heterocycles. The van der Waals surface area contributed by atoms with Crippen molar-refractivity contribution in [3.63, 3.8) is 0 Å². The Morgan fingerprint density at radius 3 is 2.12 bits per heavy atom. The molecule has 0 aromatic rings. The van der Waals surface area contributed by atoms with Crippen LogP contribution >= 0.6 is 0 Å². The predicted octanol–water partition coefficient (Wildman–Crippen LogP) is 7.35. The molecule has 2 atom stereocenters. The van der Waals surface area contributed by atoms with E-state index in [0.29, 0.717) is 11.3 Å². The molecule has 0 radical (unpaired) electrons. The Bertz CT molecular complexity index is 368. The maximum Gasteiger partial charge on any atom is 0.120 e. The third-order valence-corrected chi connectivity index (χ3v) is 5.47. The fourth-order valence-corrected chi connectivity index (χ4v) is 3.86. The number of aldehydes is 1. The monoisotopic (exact) mass is 368 g/mol. The molecular weight excluding hydrogens is 320 g/mol. The molecule has 26 heavy (non-hydrogen) atoms. The minimum atomic E-state index is 0.431. The zero-order valence-corrected chi connectivity index (χ0v) is 19.2. The molecule has 0 aliphatic heterocycles. The first-order valence-electron chi connectivity index (χ1n) is 10.9. The van der Waals surface area contributed by atoms with E-state index in [2.05, 4.69) is 48.5 Å². The summed E-state index contributed by atoms with van der Waals surface area (Å²) in [5, 5.41) is 7.00. The minimum Gasteiger partial charge on any atom is -0.400 e. The molecule has 0 amide bonds. The van der Waals surface area contributed by atoms with Crippen LogP contribution in [0.15, 0.2) is 11.1 Å². The summed E-state index contributed by atoms with van der Waals surface area (Å²) in [5.41, 5.74) is 3.84. The molecule has 1 rings (SSSR count). The summed E-state index contributed by atoms with van der Waals surface area (Å²) in [7, 11) is 1.00. The van der Waals surface area contributed by atoms with Crippen molar-refractivity contribution in [3.05, 3.63) is 11.1 Å². The molecule has 0 aromatic carbocycles. The van der Waals surface area contributed by atoms with Crippen LogP contribution < -0.4 is 0 Å². The van der Waals surface area contributed by atoms with Gasteiger partial charge in [-0.05, 0) is 56.3 Å². The molecule has 1 aliphatic carbocycles. The average molecular weight is 369 g/mol. The molecule has 2 heteroatoms. The molecule has 0 bridgehead atoms. The Labute approximate surface area is 164 Å². The second kappa shape index (κ2) is 16.5. The van der Waals surface area contributed by atoms with Crippen molar-refractivity contribution in [2.75, 3.05) is 7.11 Å². The molecule has 2 nitrogen and oxygen atoms in total. The van der Waals surface area contributed by atoms with E-state index in [-0.39, 0.29) is 0 Å². The fourth-order valence-electron chi connectivity index (χ4n) is 3.86. The van der Waals surface area contributed by atoms with Crippen LogP contribution in [-0.4, -0.2) is 18.5 Å². The molecule has 0 heterocycles. The molecule has 0 saturated heterocycles. The summed E-state index contributed by atoms with van der Waals surface area (Å²) in [4.78, 5) is 10.5. The lowest BCUT2D eigenvalue weighted by Gasteiger charge is -2.35. The van der Waals surface area contributed by atoms with Crippen LogP contribution in [0, 0.1) is 17.3 Å². The maximum atomic E-state index is 10.5. The number of aliphatic hydroxyl groups is 1. The van der Waals surface area contributed by atoms with Crippen LogP contribution in [0.25, 0.3) is 0 Å². The molecule has 1 N–H and O–H groups in total. The smallest absolute Gasteiger partial charge is 0.120 e. The van der Waals surface area contributed by atoms with E-state index in [1.165, 1.54) is 57.8 Å². The lowest BCUT2D eigenvalue weighted by Crippen LogP contribution is -2.20. The first kappa shape index (κ1) is 27.6. The van der Waals surface area contributed by atoms with Crippen LogP contribution in [0.4, 0.5) is 0 Å². The van der Waals surface area contributed by atoms with Gasteiger partial charge >= 0.3 is 0 Å². The lowest BCUT2D eigenvalue weighted by atomic mass is 9.70. The first-order chi connectivity index (χ1) is 12.3. The van der Waals surface area contributed by atoms with Crippen LogP contribution in [0.5, 0.6) is 0 Å². The molecule has 0 spiro atoms. The van der Waals surface area contributed by atoms with Gasteiger partial charge in [-0.3, -0.25) is 0 Å². The standard InChI is InChI=1S/C20H36O.C3H8.CH4O/c1-16(8-6-9-17(2)13-15-21)11-12-19-18(3)10-7-14-20(19,4)5;1-3-2;1-2/h15-17H,6-14H2,1-5H3;3H2,1-2H3;2H,1H3. The minimum absolute atomic E-state index is 0.431. The number of rotatable bonds is 9. The van der Waals surface area contributed by atoms with Gasteiger partial charge in [0.25, 0.3) is 0 Å². The highest BCUT2D eigenvalue weighted by atomic mass is 16.2. The molecule has 0 fully saturated rings. The SMILES string of the molecule is CC1=C(CCC(C)CCCC(C)CC=O)C(C)(C)CCC1.CCC.CO. The second-order valence-corrected chi connectivity index (χ2v) is 8.79. The van der Waals surface area contributed by atoms with Gasteiger partial charge in [0.2, 0.25) is 0 Å². The van der Waals surface area contributed by atoms with E-state index in [1.54, 1.807) is 11.1 Å². The quantitative estimate of drug-likeness (QED) is 0.341. The van der Waals surface area contributed by atoms with Crippen molar-refractivity contribution in [1.29, 1.82) is 0 Å². The predicted molar refractivity (Wildman–Crippen MR) is 117 cm³/mol. The van der Waals surface area contributed by atoms with Crippen molar-refractivity contribution >= 4 is 6.29 Å². The van der Waals surface area contributed by atoms with Gasteiger partial charge in [-0.15, -0.1) is 0 Å². The normalized spacial score (nSPS) is 18.0. The zero-order valence-electron chi connectivity index (χ0n) is 19.2. The van der Waals surface area contributed by atoms with Gasteiger partial charge in [0.15, 0.2) is 0 Å². The van der Waals surface area contributed by atoms with Crippen LogP contribution in [0.3, 0.4) is 0 Å². The lowest BCUT2D eigenvalue weighted by molar-refractivity contribution is -0.108. The molecule has 2 unspecified atom stereocenters. The largest absolute Gasteiger partial charge is 0.400 e. The number of carbonyl (C=O) groups is 1. The highest BCUT2D eigenvalue weighted by Gasteiger charge is 2.27. The van der Waals surface area contributed by atoms with Gasteiger partial charge in [0.1, 0.15) is 6.29 Å². The van der Waals surface area contributed by atoms with Crippen molar-refractivity contribution in [2.24, 2.45) is 17.3 Å². The number of hydrogen-bond acceptors (Lipinski definition) is 2. The van der Waals surface area contributed by atoms with Crippen molar-refractivity contribution in [2.45, 2.75) is 113 Å². The van der Waals surface area contributed by atoms with Crippen LogP contribution in [-0.2, 0) is 4.79 Å². The van der Waals surface area contributed by atoms with Gasteiger partial charge < -0.3 is 9.90 Å². The molecular formula is C24H48O2. The van der Waals surface area contributed by atoms with E-state index < -0.39 is 0 Å². The summed E-state index contributed by atoms with van der Waals surface area (Å²) < 4.78 is 0. The van der Waals surface area contributed by atoms with Crippen molar-refractivity contribution < 1.29 is 9.90 Å². The Kier molecular flexibility index (Phi) is 17.5. The summed E-state index contributed by atoms with van der Waals surface area (Å²) in [5.74, 6) is 1.38. The Hall–Kier alpha value is -0.630. The van der Waals surface area contributed by atoms with Crippen molar-refractivity contribution in [1.82, 2.24) is 0 Å². The fraction of sp³-hybridized carbons (Fsp3) is 0.875. The number of hydrogen-bond donors (Lipinski definition) is 1. The highest BCUT2D eigenvalue weighted by Crippen LogP contribution is 2.42. The zero-order chi connectivity index (χ0) is 20.6. The number of aliphatic hydroxyl groups excluding tert-OH is 1. The molecule has 156 valence electrons. The Balaban J connectivity index is 0. The van der Waals surface area contributed by atoms with Gasteiger partial charge in [0.05, 0.1) is 0 Å². The van der Waals surface area contributed by atoms with Gasteiger partial charge in [0, 0.05) is 13.5 Å². The van der Waals surface area contributed by atoms with E-state index in [0.717, 1.165) is 25.7 Å². The second-order valence-electron chi connectivity index (χ2n) is 8.79. The van der Waals surface area contributed by atoms with Gasteiger partial charge in [-0.25, -0.2) is 0 Å². The number of allylic oxidation sites excluding steroid dienone is 2. The first-order valence-corrected chi connectivity index (χ1v) is 10.9. The third-order valence-electron chi connectivity index (χ3n) is 5.47. The van der Waals surface area contributed by atoms with E-state index in [1.807, 2.05) is 0 Å². The van der Waals surface area contributed by atoms with E-state index in [4.69, 9.17) is 5.11 Å². The van der Waals surface area contributed by atoms with E-state index in [9.17, 15) is 4.79 Å². The van der Waals surface area contributed by atoms with E-state index >= 15 is 0 Å². The highest BCUT2D eigenvalue weighted by molar-refractivity contribution is 5.49. The van der Waals surface area contributed by atoms with Crippen molar-refractivity contribution in [3.8, 4) is 0 Å². The van der Waals surface area contributed by atoms with Crippen LogP contribution in [0.1, 0.15) is 113 Å². The topological polar surface area (TPSA) is 37.3 Å². The van der Waals surface area contributed by atoms with Gasteiger partial charge in [-0.1, -0.05) is 78.4 Å².